The molecule has 5 rings (SSSR count). The van der Waals surface area contributed by atoms with Crippen molar-refractivity contribution in [2.45, 2.75) is 51.7 Å². The third-order valence-corrected chi connectivity index (χ3v) is 7.17. The third-order valence-electron chi connectivity index (χ3n) is 7.17. The van der Waals surface area contributed by atoms with Gasteiger partial charge < -0.3 is 25.2 Å². The molecule has 0 bridgehead atoms. The monoisotopic (exact) mass is 504 g/mol. The quantitative estimate of drug-likeness (QED) is 0.444. The summed E-state index contributed by atoms with van der Waals surface area (Å²) >= 11 is 0. The molecule has 3 heterocycles. The number of benzene rings is 2. The zero-order valence-electron chi connectivity index (χ0n) is 21.1. The minimum atomic E-state index is -0.807. The number of H-pyrrole nitrogens is 1. The van der Waals surface area contributed by atoms with Crippen molar-refractivity contribution in [3.05, 3.63) is 59.3 Å². The molecule has 1 aromatic heterocycles. The van der Waals surface area contributed by atoms with E-state index in [1.165, 1.54) is 0 Å². The summed E-state index contributed by atoms with van der Waals surface area (Å²) in [6.07, 6.45) is 3.40. The predicted molar refractivity (Wildman–Crippen MR) is 139 cm³/mol. The smallest absolute Gasteiger partial charge is 0.329 e. The summed E-state index contributed by atoms with van der Waals surface area (Å²) in [6, 6.07) is 10.6. The number of fused-ring (bicyclic) bond motifs is 2. The van der Waals surface area contributed by atoms with E-state index in [-0.39, 0.29) is 24.7 Å². The number of para-hydroxylation sites is 1. The SMILES string of the molecule is CCOC(=O)[C@H](Cc1cc(C)c2[nH]ncc2c1)NC(=O)N1CCC(N2Cc3ccccc3NC2=O)CC1. The second-order valence-corrected chi connectivity index (χ2v) is 9.64. The Morgan fingerprint density at radius 1 is 1.22 bits per heavy atom. The molecule has 1 fully saturated rings. The minimum absolute atomic E-state index is 0.0444. The topological polar surface area (TPSA) is 120 Å². The Hall–Kier alpha value is -4.08. The first-order chi connectivity index (χ1) is 17.9. The number of urea groups is 2. The lowest BCUT2D eigenvalue weighted by molar-refractivity contribution is -0.145. The van der Waals surface area contributed by atoms with Gasteiger partial charge in [0.25, 0.3) is 0 Å². The number of carbonyl (C=O) groups is 3. The Morgan fingerprint density at radius 2 is 2.00 bits per heavy atom. The highest BCUT2D eigenvalue weighted by molar-refractivity contribution is 5.92. The van der Waals surface area contributed by atoms with Crippen LogP contribution in [0.15, 0.2) is 42.6 Å². The number of amides is 4. The van der Waals surface area contributed by atoms with Crippen LogP contribution < -0.4 is 10.6 Å². The van der Waals surface area contributed by atoms with Crippen molar-refractivity contribution >= 4 is 34.6 Å². The Bertz CT molecular complexity index is 1310. The first-order valence-electron chi connectivity index (χ1n) is 12.7. The highest BCUT2D eigenvalue weighted by Gasteiger charge is 2.33. The predicted octanol–water partition coefficient (Wildman–Crippen LogP) is 3.57. The van der Waals surface area contributed by atoms with Gasteiger partial charge in [-0.15, -0.1) is 0 Å². The van der Waals surface area contributed by atoms with E-state index < -0.39 is 12.0 Å². The van der Waals surface area contributed by atoms with Crippen LogP contribution in [0.5, 0.6) is 0 Å². The fourth-order valence-electron chi connectivity index (χ4n) is 5.24. The molecule has 2 aliphatic heterocycles. The van der Waals surface area contributed by atoms with Gasteiger partial charge in [-0.25, -0.2) is 14.4 Å². The molecule has 0 saturated carbocycles. The van der Waals surface area contributed by atoms with Gasteiger partial charge in [0, 0.05) is 43.2 Å². The average Bonchev–Trinajstić information content (AvgIpc) is 3.37. The molecule has 1 saturated heterocycles. The molecular weight excluding hydrogens is 472 g/mol. The Labute approximate surface area is 215 Å². The van der Waals surface area contributed by atoms with Gasteiger partial charge in [0.05, 0.1) is 18.3 Å². The summed E-state index contributed by atoms with van der Waals surface area (Å²) in [5.74, 6) is -0.459. The van der Waals surface area contributed by atoms with Crippen molar-refractivity contribution < 1.29 is 19.1 Å². The first kappa shape index (κ1) is 24.6. The van der Waals surface area contributed by atoms with E-state index in [1.54, 1.807) is 18.0 Å². The number of ether oxygens (including phenoxy) is 1. The largest absolute Gasteiger partial charge is 0.464 e. The fourth-order valence-corrected chi connectivity index (χ4v) is 5.24. The molecule has 1 atom stereocenters. The number of esters is 1. The standard InChI is InChI=1S/C27H32N6O4/c1-3-37-25(34)23(14-18-12-17(2)24-20(13-18)15-28-31-24)30-26(35)32-10-8-21(9-11-32)33-16-19-6-4-5-7-22(19)29-27(33)36/h4-7,12-13,15,21,23H,3,8-11,14,16H2,1-2H3,(H,28,31)(H,29,36)(H,30,35)/t23-/m0/s1. The Morgan fingerprint density at radius 3 is 2.78 bits per heavy atom. The van der Waals surface area contributed by atoms with Gasteiger partial charge in [0.2, 0.25) is 0 Å². The zero-order chi connectivity index (χ0) is 25.9. The molecule has 37 heavy (non-hydrogen) atoms. The maximum atomic E-state index is 13.2. The molecule has 0 unspecified atom stereocenters. The van der Waals surface area contributed by atoms with Crippen LogP contribution >= 0.6 is 0 Å². The van der Waals surface area contributed by atoms with Crippen LogP contribution in [0.1, 0.15) is 36.5 Å². The summed E-state index contributed by atoms with van der Waals surface area (Å²) in [5.41, 5.74) is 4.83. The van der Waals surface area contributed by atoms with Gasteiger partial charge in [-0.05, 0) is 55.5 Å². The van der Waals surface area contributed by atoms with Crippen molar-refractivity contribution in [3.8, 4) is 0 Å². The van der Waals surface area contributed by atoms with E-state index in [4.69, 9.17) is 4.74 Å². The van der Waals surface area contributed by atoms with Gasteiger partial charge in [-0.1, -0.05) is 24.3 Å². The number of rotatable bonds is 6. The lowest BCUT2D eigenvalue weighted by Gasteiger charge is -2.40. The van der Waals surface area contributed by atoms with Crippen LogP contribution in [0, 0.1) is 6.92 Å². The van der Waals surface area contributed by atoms with Gasteiger partial charge in [0.1, 0.15) is 6.04 Å². The molecule has 2 aromatic carbocycles. The minimum Gasteiger partial charge on any atom is -0.464 e. The van der Waals surface area contributed by atoms with Crippen molar-refractivity contribution in [1.82, 2.24) is 25.3 Å². The van der Waals surface area contributed by atoms with Crippen molar-refractivity contribution in [1.29, 1.82) is 0 Å². The van der Waals surface area contributed by atoms with Crippen LogP contribution in [0.2, 0.25) is 0 Å². The van der Waals surface area contributed by atoms with Crippen molar-refractivity contribution in [2.75, 3.05) is 25.0 Å². The van der Waals surface area contributed by atoms with E-state index in [1.807, 2.05) is 48.2 Å². The molecule has 194 valence electrons. The molecule has 2 aliphatic rings. The molecule has 10 nitrogen and oxygen atoms in total. The molecule has 3 N–H and O–H groups in total. The number of anilines is 1. The number of carbonyl (C=O) groups excluding carboxylic acids is 3. The summed E-state index contributed by atoms with van der Waals surface area (Å²) in [7, 11) is 0. The van der Waals surface area contributed by atoms with Gasteiger partial charge >= 0.3 is 18.0 Å². The fraction of sp³-hybridized carbons (Fsp3) is 0.407. The number of hydrogen-bond acceptors (Lipinski definition) is 5. The summed E-state index contributed by atoms with van der Waals surface area (Å²) in [5, 5.41) is 13.9. The first-order valence-corrected chi connectivity index (χ1v) is 12.7. The number of likely N-dealkylation sites (tertiary alicyclic amines) is 1. The Balaban J connectivity index is 1.21. The van der Waals surface area contributed by atoms with Crippen LogP contribution in [0.25, 0.3) is 10.9 Å². The molecule has 4 amide bonds. The van der Waals surface area contributed by atoms with Crippen LogP contribution in [0.3, 0.4) is 0 Å². The molecular formula is C27H32N6O4. The Kier molecular flexibility index (Phi) is 6.98. The second kappa shape index (κ2) is 10.5. The highest BCUT2D eigenvalue weighted by Crippen LogP contribution is 2.27. The van der Waals surface area contributed by atoms with E-state index >= 15 is 0 Å². The number of aryl methyl sites for hydroxylation is 1. The molecule has 10 heteroatoms. The number of nitrogens with zero attached hydrogens (tertiary/aromatic N) is 3. The van der Waals surface area contributed by atoms with Gasteiger partial charge in [-0.3, -0.25) is 5.10 Å². The van der Waals surface area contributed by atoms with E-state index in [0.29, 0.717) is 38.9 Å². The number of piperidine rings is 1. The summed E-state index contributed by atoms with van der Waals surface area (Å²) in [6.45, 7) is 5.52. The maximum Gasteiger partial charge on any atom is 0.329 e. The van der Waals surface area contributed by atoms with Crippen molar-refractivity contribution in [2.24, 2.45) is 0 Å². The third kappa shape index (κ3) is 5.23. The van der Waals surface area contributed by atoms with Gasteiger partial charge in [0.15, 0.2) is 0 Å². The maximum absolute atomic E-state index is 13.2. The normalized spacial score (nSPS) is 16.8. The number of hydrogen-bond donors (Lipinski definition) is 3. The van der Waals surface area contributed by atoms with Crippen LogP contribution in [0.4, 0.5) is 15.3 Å². The van der Waals surface area contributed by atoms with Gasteiger partial charge in [-0.2, -0.15) is 5.10 Å². The van der Waals surface area contributed by atoms with Crippen LogP contribution in [-0.2, 0) is 22.5 Å². The lowest BCUT2D eigenvalue weighted by atomic mass is 10.0. The molecule has 0 aliphatic carbocycles. The summed E-state index contributed by atoms with van der Waals surface area (Å²) < 4.78 is 5.26. The van der Waals surface area contributed by atoms with E-state index in [0.717, 1.165) is 33.3 Å². The van der Waals surface area contributed by atoms with Crippen molar-refractivity contribution in [3.63, 3.8) is 0 Å². The van der Waals surface area contributed by atoms with Crippen LogP contribution in [-0.4, -0.2) is 69.8 Å². The number of aromatic nitrogens is 2. The lowest BCUT2D eigenvalue weighted by Crippen LogP contribution is -2.55. The molecule has 0 spiro atoms. The summed E-state index contributed by atoms with van der Waals surface area (Å²) in [4.78, 5) is 42.1. The second-order valence-electron chi connectivity index (χ2n) is 9.64. The zero-order valence-corrected chi connectivity index (χ0v) is 21.1. The highest BCUT2D eigenvalue weighted by atomic mass is 16.5. The molecule has 0 radical (unpaired) electrons. The number of aromatic amines is 1. The number of nitrogens with one attached hydrogen (secondary N) is 3. The molecule has 3 aromatic rings. The van der Waals surface area contributed by atoms with E-state index in [9.17, 15) is 14.4 Å². The average molecular weight is 505 g/mol. The van der Waals surface area contributed by atoms with E-state index in [2.05, 4.69) is 20.8 Å².